The average molecular weight is 495 g/mol. The number of ketones is 1. The van der Waals surface area contributed by atoms with Gasteiger partial charge in [0, 0.05) is 19.3 Å². The van der Waals surface area contributed by atoms with Crippen LogP contribution in [0, 0.1) is 34.5 Å². The van der Waals surface area contributed by atoms with Crippen LogP contribution in [-0.4, -0.2) is 35.8 Å². The van der Waals surface area contributed by atoms with Crippen molar-refractivity contribution in [3.63, 3.8) is 0 Å². The van der Waals surface area contributed by atoms with Crippen LogP contribution in [0.2, 0.25) is 0 Å². The third-order valence-electron chi connectivity index (χ3n) is 9.26. The van der Waals surface area contributed by atoms with Crippen LogP contribution in [0.15, 0.2) is 11.6 Å². The van der Waals surface area contributed by atoms with E-state index in [0.717, 1.165) is 51.4 Å². The van der Waals surface area contributed by atoms with Crippen molar-refractivity contribution in [3.05, 3.63) is 11.6 Å². The van der Waals surface area contributed by atoms with E-state index in [1.165, 1.54) is 12.5 Å². The fourth-order valence-corrected chi connectivity index (χ4v) is 7.94. The quantitative estimate of drug-likeness (QED) is 0.305. The van der Waals surface area contributed by atoms with Gasteiger partial charge in [-0.2, -0.15) is 0 Å². The summed E-state index contributed by atoms with van der Waals surface area (Å²) >= 11 is 3.08. The smallest absolute Gasteiger partial charge is 0.316 e. The lowest BCUT2D eigenvalue weighted by atomic mass is 9.47. The minimum atomic E-state index is -0.376. The van der Waals surface area contributed by atoms with Crippen molar-refractivity contribution in [1.82, 2.24) is 0 Å². The summed E-state index contributed by atoms with van der Waals surface area (Å²) in [5, 5.41) is 0.125. The van der Waals surface area contributed by atoms with Crippen LogP contribution in [0.25, 0.3) is 0 Å². The highest BCUT2D eigenvalue weighted by atomic mass is 79.9. The monoisotopic (exact) mass is 494 g/mol. The summed E-state index contributed by atoms with van der Waals surface area (Å²) in [4.78, 5) is 35.9. The summed E-state index contributed by atoms with van der Waals surface area (Å²) < 4.78 is 10.7. The first-order valence-corrected chi connectivity index (χ1v) is 12.9. The van der Waals surface area contributed by atoms with Crippen molar-refractivity contribution in [2.45, 2.75) is 78.2 Å². The van der Waals surface area contributed by atoms with Gasteiger partial charge in [-0.25, -0.2) is 0 Å². The topological polar surface area (TPSA) is 69.7 Å². The number of alkyl halides is 1. The highest BCUT2D eigenvalue weighted by molar-refractivity contribution is 9.09. The van der Waals surface area contributed by atoms with Gasteiger partial charge in [0.1, 0.15) is 18.0 Å². The van der Waals surface area contributed by atoms with E-state index < -0.39 is 0 Å². The summed E-state index contributed by atoms with van der Waals surface area (Å²) in [5.41, 5.74) is 1.69. The maximum atomic E-state index is 13.0. The maximum absolute atomic E-state index is 13.0. The standard InChI is InChI=1S/C25H35BrO5/c1-15(27)31-17-8-10-24(2)16(12-17)4-5-18-19-6-7-21(22(28)14-30-23(29)13-26)25(19,3)11-9-20(18)24/h4,17-21H,5-14H2,1-3H3. The number of Topliss-reactive ketones (excluding diaryl/α,β-unsaturated/α-hetero) is 1. The maximum Gasteiger partial charge on any atom is 0.316 e. The summed E-state index contributed by atoms with van der Waals surface area (Å²) in [7, 11) is 0. The molecule has 0 aromatic heterocycles. The second-order valence-electron chi connectivity index (χ2n) is 10.7. The Morgan fingerprint density at radius 2 is 1.87 bits per heavy atom. The van der Waals surface area contributed by atoms with Crippen molar-refractivity contribution in [1.29, 1.82) is 0 Å². The van der Waals surface area contributed by atoms with Gasteiger partial charge in [0.2, 0.25) is 0 Å². The molecule has 172 valence electrons. The Balaban J connectivity index is 1.49. The fraction of sp³-hybridized carbons (Fsp3) is 0.800. The molecule has 4 aliphatic carbocycles. The van der Waals surface area contributed by atoms with Gasteiger partial charge in [-0.3, -0.25) is 14.4 Å². The molecule has 0 heterocycles. The molecule has 4 aliphatic rings. The number of fused-ring (bicyclic) bond motifs is 5. The lowest BCUT2D eigenvalue weighted by Crippen LogP contribution is -2.51. The Kier molecular flexibility index (Phi) is 6.41. The van der Waals surface area contributed by atoms with E-state index in [9.17, 15) is 14.4 Å². The number of rotatable bonds is 5. The molecule has 0 aromatic rings. The lowest BCUT2D eigenvalue weighted by molar-refractivity contribution is -0.149. The molecule has 4 rings (SSSR count). The Hall–Kier alpha value is -1.17. The molecule has 0 aromatic carbocycles. The number of allylic oxidation sites excluding steroid dienone is 1. The summed E-state index contributed by atoms with van der Waals surface area (Å²) in [6.45, 7) is 6.15. The first kappa shape index (κ1) is 23.0. The van der Waals surface area contributed by atoms with Gasteiger partial charge >= 0.3 is 11.9 Å². The Morgan fingerprint density at radius 1 is 1.10 bits per heavy atom. The molecule has 5 nitrogen and oxygen atoms in total. The lowest BCUT2D eigenvalue weighted by Gasteiger charge is -2.58. The molecule has 0 N–H and O–H groups in total. The Morgan fingerprint density at radius 3 is 2.58 bits per heavy atom. The normalized spacial score (nSPS) is 41.3. The summed E-state index contributed by atoms with van der Waals surface area (Å²) in [6, 6.07) is 0. The van der Waals surface area contributed by atoms with Gasteiger partial charge in [-0.1, -0.05) is 41.4 Å². The third kappa shape index (κ3) is 4.02. The summed E-state index contributed by atoms with van der Waals surface area (Å²) in [5.74, 6) is 1.34. The number of ether oxygens (including phenoxy) is 2. The molecule has 31 heavy (non-hydrogen) atoms. The number of esters is 2. The fourth-order valence-electron chi connectivity index (χ4n) is 7.78. The largest absolute Gasteiger partial charge is 0.462 e. The van der Waals surface area contributed by atoms with Crippen LogP contribution in [0.1, 0.15) is 72.1 Å². The molecule has 3 fully saturated rings. The number of carbonyl (C=O) groups is 3. The van der Waals surface area contributed by atoms with E-state index >= 15 is 0 Å². The molecule has 0 amide bonds. The van der Waals surface area contributed by atoms with Crippen molar-refractivity contribution in [2.75, 3.05) is 11.9 Å². The molecular weight excluding hydrogens is 460 g/mol. The first-order valence-electron chi connectivity index (χ1n) is 11.8. The number of carbonyl (C=O) groups excluding carboxylic acids is 3. The SMILES string of the molecule is CC(=O)OC1CCC2(C)C(=CCC3C2CCC2(C)C(C(=O)COC(=O)CBr)CCC32)C1. The number of halogens is 1. The second kappa shape index (κ2) is 8.64. The predicted octanol–water partition coefficient (Wildman–Crippen LogP) is 5.00. The molecule has 6 heteroatoms. The Labute approximate surface area is 193 Å². The third-order valence-corrected chi connectivity index (χ3v) is 9.72. The van der Waals surface area contributed by atoms with E-state index in [1.807, 2.05) is 0 Å². The van der Waals surface area contributed by atoms with E-state index in [-0.39, 0.29) is 52.5 Å². The minimum absolute atomic E-state index is 0.000499. The molecule has 0 radical (unpaired) electrons. The van der Waals surface area contributed by atoms with Gasteiger partial charge in [0.15, 0.2) is 5.78 Å². The molecule has 0 spiro atoms. The van der Waals surface area contributed by atoms with Gasteiger partial charge in [0.05, 0.1) is 0 Å². The highest BCUT2D eigenvalue weighted by Gasteiger charge is 2.59. The van der Waals surface area contributed by atoms with Crippen molar-refractivity contribution in [2.24, 2.45) is 34.5 Å². The van der Waals surface area contributed by atoms with Crippen LogP contribution < -0.4 is 0 Å². The van der Waals surface area contributed by atoms with Crippen LogP contribution in [-0.2, 0) is 23.9 Å². The van der Waals surface area contributed by atoms with Crippen LogP contribution in [0.4, 0.5) is 0 Å². The first-order chi connectivity index (χ1) is 14.7. The highest BCUT2D eigenvalue weighted by Crippen LogP contribution is 2.66. The van der Waals surface area contributed by atoms with Gasteiger partial charge in [-0.05, 0) is 73.5 Å². The zero-order valence-electron chi connectivity index (χ0n) is 19.0. The van der Waals surface area contributed by atoms with E-state index in [1.54, 1.807) is 0 Å². The molecule has 7 unspecified atom stereocenters. The van der Waals surface area contributed by atoms with E-state index in [0.29, 0.717) is 17.8 Å². The predicted molar refractivity (Wildman–Crippen MR) is 121 cm³/mol. The molecule has 0 saturated heterocycles. The van der Waals surface area contributed by atoms with E-state index in [2.05, 4.69) is 35.9 Å². The van der Waals surface area contributed by atoms with Crippen LogP contribution in [0.5, 0.6) is 0 Å². The minimum Gasteiger partial charge on any atom is -0.462 e. The van der Waals surface area contributed by atoms with Crippen molar-refractivity contribution in [3.8, 4) is 0 Å². The summed E-state index contributed by atoms with van der Waals surface area (Å²) in [6.07, 6.45) is 10.7. The van der Waals surface area contributed by atoms with Crippen molar-refractivity contribution >= 4 is 33.7 Å². The molecule has 7 atom stereocenters. The van der Waals surface area contributed by atoms with Crippen LogP contribution in [0.3, 0.4) is 0 Å². The average Bonchev–Trinajstić information content (AvgIpc) is 3.09. The number of hydrogen-bond acceptors (Lipinski definition) is 5. The molecule has 0 bridgehead atoms. The zero-order valence-corrected chi connectivity index (χ0v) is 20.5. The molecule has 0 aliphatic heterocycles. The van der Waals surface area contributed by atoms with Crippen LogP contribution >= 0.6 is 15.9 Å². The van der Waals surface area contributed by atoms with Crippen molar-refractivity contribution < 1.29 is 23.9 Å². The second-order valence-corrected chi connectivity index (χ2v) is 11.2. The Bertz CT molecular complexity index is 791. The van der Waals surface area contributed by atoms with Gasteiger partial charge in [0.25, 0.3) is 0 Å². The van der Waals surface area contributed by atoms with Gasteiger partial charge < -0.3 is 9.47 Å². The van der Waals surface area contributed by atoms with E-state index in [4.69, 9.17) is 9.47 Å². The zero-order chi connectivity index (χ0) is 22.4. The van der Waals surface area contributed by atoms with Gasteiger partial charge in [-0.15, -0.1) is 0 Å². The molecule has 3 saturated carbocycles. The molecular formula is C25H35BrO5. The number of hydrogen-bond donors (Lipinski definition) is 0.